The van der Waals surface area contributed by atoms with Gasteiger partial charge in [-0.25, -0.2) is 36.2 Å². The summed E-state index contributed by atoms with van der Waals surface area (Å²) in [7, 11) is 2.12. The van der Waals surface area contributed by atoms with E-state index in [1.807, 2.05) is 35.0 Å². The molecule has 0 saturated heterocycles. The van der Waals surface area contributed by atoms with E-state index in [0.717, 1.165) is 24.2 Å². The Morgan fingerprint density at radius 1 is 0.982 bits per heavy atom. The molecular weight excluding hydrogens is 822 g/mol. The fraction of sp³-hybridized carbons (Fsp3) is 0.395. The molecule has 57 heavy (non-hydrogen) atoms. The number of esters is 2. The molecule has 4 aromatic rings. The number of rotatable bonds is 16. The molecule has 19 heteroatoms. The summed E-state index contributed by atoms with van der Waals surface area (Å²) >= 11 is 7.17. The predicted octanol–water partition coefficient (Wildman–Crippen LogP) is 8.07. The van der Waals surface area contributed by atoms with E-state index >= 15 is 8.78 Å². The maximum Gasteiger partial charge on any atom is 0.491 e. The van der Waals surface area contributed by atoms with Gasteiger partial charge in [-0.3, -0.25) is 4.57 Å². The number of thioether (sulfide) groups is 1. The highest BCUT2D eigenvalue weighted by molar-refractivity contribution is 7.98. The van der Waals surface area contributed by atoms with Gasteiger partial charge in [-0.15, -0.1) is 0 Å². The molecule has 1 heterocycles. The smallest absolute Gasteiger partial charge is 0.491 e. The van der Waals surface area contributed by atoms with Gasteiger partial charge < -0.3 is 14.0 Å². The van der Waals surface area contributed by atoms with Crippen molar-refractivity contribution in [2.75, 3.05) is 41.3 Å². The number of methoxy groups -OCH3 is 1. The van der Waals surface area contributed by atoms with Crippen molar-refractivity contribution in [2.24, 2.45) is 0 Å². The number of unbranched alkanes of at least 4 members (excludes halogenated alkanes) is 1. The zero-order chi connectivity index (χ0) is 42.7. The molecule has 0 amide bonds. The number of aromatic nitrogens is 2. The molecule has 4 rings (SSSR count). The van der Waals surface area contributed by atoms with Crippen molar-refractivity contribution in [3.8, 4) is 11.4 Å². The van der Waals surface area contributed by atoms with Crippen LogP contribution in [0.3, 0.4) is 0 Å². The van der Waals surface area contributed by atoms with E-state index in [-0.39, 0.29) is 11.6 Å². The molecule has 1 atom stereocenters. The van der Waals surface area contributed by atoms with Crippen LogP contribution in [-0.4, -0.2) is 92.3 Å². The van der Waals surface area contributed by atoms with E-state index in [1.165, 1.54) is 31.4 Å². The number of imidazole rings is 1. The lowest BCUT2D eigenvalue weighted by Crippen LogP contribution is -2.46. The highest BCUT2D eigenvalue weighted by atomic mass is 35.5. The molecule has 1 unspecified atom stereocenters. The Morgan fingerprint density at radius 3 is 2.16 bits per heavy atom. The molecule has 0 saturated carbocycles. The molecule has 1 aromatic heterocycles. The molecular formula is C38H42ClF6N4O6S2+. The van der Waals surface area contributed by atoms with Crippen LogP contribution in [0.1, 0.15) is 50.4 Å². The molecule has 0 radical (unpaired) electrons. The number of halogens is 7. The van der Waals surface area contributed by atoms with Crippen LogP contribution in [0.2, 0.25) is 5.02 Å². The average Bonchev–Trinajstić information content (AvgIpc) is 3.55. The summed E-state index contributed by atoms with van der Waals surface area (Å²) < 4.78 is 124. The topological polar surface area (TPSA) is 108 Å². The van der Waals surface area contributed by atoms with Crippen molar-refractivity contribution in [3.05, 3.63) is 100 Å². The minimum Gasteiger partial charge on any atom is -0.495 e. The van der Waals surface area contributed by atoms with Crippen LogP contribution in [0, 0.1) is 17.5 Å². The van der Waals surface area contributed by atoms with E-state index in [4.69, 9.17) is 16.3 Å². The second-order valence-corrected chi connectivity index (χ2v) is 17.8. The molecule has 310 valence electrons. The zero-order valence-electron chi connectivity index (χ0n) is 32.1. The third kappa shape index (κ3) is 10.9. The van der Waals surface area contributed by atoms with E-state index in [2.05, 4.69) is 9.72 Å². The average molecular weight is 864 g/mol. The van der Waals surface area contributed by atoms with Crippen molar-refractivity contribution in [2.45, 2.75) is 67.1 Å². The van der Waals surface area contributed by atoms with Crippen molar-refractivity contribution in [1.82, 2.24) is 13.9 Å². The number of ether oxygens (including phenoxy) is 2. The number of sulfonamides is 1. The van der Waals surface area contributed by atoms with Gasteiger partial charge in [0.05, 0.1) is 56.6 Å². The van der Waals surface area contributed by atoms with Crippen LogP contribution in [0.5, 0.6) is 5.75 Å². The van der Waals surface area contributed by atoms with Crippen molar-refractivity contribution in [1.29, 1.82) is 0 Å². The van der Waals surface area contributed by atoms with Gasteiger partial charge in [-0.1, -0.05) is 43.3 Å². The van der Waals surface area contributed by atoms with E-state index in [9.17, 15) is 35.6 Å². The Labute approximate surface area is 336 Å². The summed E-state index contributed by atoms with van der Waals surface area (Å²) in [6, 6.07) is 9.84. The first-order chi connectivity index (χ1) is 26.4. The number of nitrogens with zero attached hydrogens (tertiary/aromatic N) is 4. The van der Waals surface area contributed by atoms with Gasteiger partial charge in [-0.2, -0.15) is 17.5 Å². The number of benzene rings is 3. The third-order valence-corrected chi connectivity index (χ3v) is 12.3. The highest BCUT2D eigenvalue weighted by Gasteiger charge is 2.44. The number of quaternary nitrogens is 1. The van der Waals surface area contributed by atoms with Gasteiger partial charge >= 0.3 is 18.1 Å². The Hall–Kier alpha value is -4.10. The third-order valence-electron chi connectivity index (χ3n) is 9.05. The van der Waals surface area contributed by atoms with Crippen LogP contribution in [0.4, 0.5) is 26.3 Å². The van der Waals surface area contributed by atoms with Crippen molar-refractivity contribution in [3.63, 3.8) is 0 Å². The largest absolute Gasteiger partial charge is 0.495 e. The van der Waals surface area contributed by atoms with Gasteiger partial charge in [-0.05, 0) is 73.9 Å². The van der Waals surface area contributed by atoms with Gasteiger partial charge in [0.2, 0.25) is 10.0 Å². The fourth-order valence-corrected chi connectivity index (χ4v) is 8.63. The number of carbonyl (C=O) groups is 2. The fourth-order valence-electron chi connectivity index (χ4n) is 5.78. The van der Waals surface area contributed by atoms with Gasteiger partial charge in [0.15, 0.2) is 5.16 Å². The number of alkyl halides is 3. The summed E-state index contributed by atoms with van der Waals surface area (Å²) in [5.74, 6) is -7.70. The lowest BCUT2D eigenvalue weighted by molar-refractivity contribution is -0.870. The van der Waals surface area contributed by atoms with E-state index < -0.39 is 79.8 Å². The van der Waals surface area contributed by atoms with Gasteiger partial charge in [0.25, 0.3) is 0 Å². The van der Waals surface area contributed by atoms with E-state index in [0.29, 0.717) is 56.0 Å². The molecule has 3 aromatic carbocycles. The van der Waals surface area contributed by atoms with Gasteiger partial charge in [0, 0.05) is 29.0 Å². The Morgan fingerprint density at radius 2 is 1.60 bits per heavy atom. The SMILES string of the molecule is COc1cc(C(C)(C)c2cnc(SCc3c(F)cc(S(=O)(=O)N(CCCC[N+](C)(C)C)C(C)C(=O)OC(=O)C(F)(F)F)cc3F)n2-c2ccc(F)cc2)ccc1Cl. The number of hydrogen-bond acceptors (Lipinski definition) is 8. The molecule has 0 fully saturated rings. The summed E-state index contributed by atoms with van der Waals surface area (Å²) in [6.07, 6.45) is -3.47. The van der Waals surface area contributed by atoms with E-state index in [1.54, 1.807) is 29.0 Å². The van der Waals surface area contributed by atoms with Gasteiger partial charge in [0.1, 0.15) is 29.2 Å². The molecule has 0 N–H and O–H groups in total. The molecule has 0 aliphatic rings. The highest BCUT2D eigenvalue weighted by Crippen LogP contribution is 2.40. The zero-order valence-corrected chi connectivity index (χ0v) is 34.5. The molecule has 10 nitrogen and oxygen atoms in total. The number of hydrogen-bond donors (Lipinski definition) is 0. The predicted molar refractivity (Wildman–Crippen MR) is 202 cm³/mol. The first-order valence-electron chi connectivity index (χ1n) is 17.3. The Kier molecular flexibility index (Phi) is 14.2. The summed E-state index contributed by atoms with van der Waals surface area (Å²) in [4.78, 5) is 27.6. The van der Waals surface area contributed by atoms with Crippen molar-refractivity contribution < 1.29 is 58.3 Å². The molecule has 0 spiro atoms. The second-order valence-electron chi connectivity index (χ2n) is 14.6. The standard InChI is InChI=1S/C38H42ClF6N4O6S2/c1-23(34(50)55-35(51)38(43,44)45)47(16-8-9-17-49(4,5)6)57(52,53)27-19-30(41)28(31(42)20-27)22-56-36-46-21-33(48(36)26-13-11-25(40)12-14-26)37(2,3)24-10-15-29(39)32(18-24)54-7/h10-15,18-21,23H,8-9,16-17,22H2,1-7H3/q+1. The van der Waals surface area contributed by atoms with Crippen LogP contribution < -0.4 is 4.74 Å². The van der Waals surface area contributed by atoms with Crippen LogP contribution in [0.15, 0.2) is 70.8 Å². The second kappa shape index (κ2) is 17.8. The summed E-state index contributed by atoms with van der Waals surface area (Å²) in [5, 5.41) is 0.641. The van der Waals surface area contributed by atoms with Crippen molar-refractivity contribution >= 4 is 45.3 Å². The quantitative estimate of drug-likeness (QED) is 0.0278. The summed E-state index contributed by atoms with van der Waals surface area (Å²) in [5.41, 5.74) is 0.540. The Balaban J connectivity index is 1.69. The molecule has 0 aliphatic carbocycles. The normalized spacial score (nSPS) is 13.2. The maximum absolute atomic E-state index is 15.8. The minimum absolute atomic E-state index is 0.102. The maximum atomic E-state index is 15.8. The first-order valence-corrected chi connectivity index (χ1v) is 20.1. The first kappa shape index (κ1) is 45.6. The molecule has 0 aliphatic heterocycles. The van der Waals surface area contributed by atoms with Crippen LogP contribution >= 0.6 is 23.4 Å². The lowest BCUT2D eigenvalue weighted by Gasteiger charge is -2.28. The minimum atomic E-state index is -5.54. The van der Waals surface area contributed by atoms with Crippen LogP contribution in [0.25, 0.3) is 5.69 Å². The summed E-state index contributed by atoms with van der Waals surface area (Å²) in [6.45, 7) is 4.81. The lowest BCUT2D eigenvalue weighted by atomic mass is 9.81. The monoisotopic (exact) mass is 863 g/mol. The van der Waals surface area contributed by atoms with Crippen LogP contribution in [-0.2, 0) is 35.5 Å². The number of carbonyl (C=O) groups excluding carboxylic acids is 2. The molecule has 0 bridgehead atoms. The Bertz CT molecular complexity index is 2190.